The van der Waals surface area contributed by atoms with Crippen molar-refractivity contribution in [2.45, 2.75) is 64.8 Å². The molecule has 0 unspecified atom stereocenters. The van der Waals surface area contributed by atoms with Crippen LogP contribution in [0, 0.1) is 12.3 Å². The summed E-state index contributed by atoms with van der Waals surface area (Å²) in [7, 11) is -3.58. The number of benzene rings is 1. The van der Waals surface area contributed by atoms with Gasteiger partial charge in [-0.1, -0.05) is 40.2 Å². The molecule has 6 heteroatoms. The van der Waals surface area contributed by atoms with Gasteiger partial charge in [0.2, 0.25) is 10.0 Å². The number of rotatable bonds is 6. The molecule has 0 heterocycles. The Morgan fingerprint density at radius 3 is 2.44 bits per heavy atom. The lowest BCUT2D eigenvalue weighted by atomic mass is 9.87. The highest BCUT2D eigenvalue weighted by atomic mass is 32.2. The van der Waals surface area contributed by atoms with Crippen LogP contribution in [0.3, 0.4) is 0 Å². The Kier molecular flexibility index (Phi) is 5.94. The number of nitrogens with zero attached hydrogens (tertiary/aromatic N) is 1. The molecule has 0 radical (unpaired) electrons. The predicted molar refractivity (Wildman–Crippen MR) is 100 cm³/mol. The van der Waals surface area contributed by atoms with Crippen molar-refractivity contribution in [2.24, 2.45) is 5.41 Å². The van der Waals surface area contributed by atoms with E-state index in [1.165, 1.54) is 10.4 Å². The van der Waals surface area contributed by atoms with Gasteiger partial charge in [-0.25, -0.2) is 8.42 Å². The largest absolute Gasteiger partial charge is 0.349 e. The number of sulfonamides is 1. The Balaban J connectivity index is 2.31. The molecule has 1 amide bonds. The lowest BCUT2D eigenvalue weighted by molar-refractivity contribution is 0.0910. The van der Waals surface area contributed by atoms with Gasteiger partial charge in [0, 0.05) is 24.7 Å². The molecule has 1 saturated carbocycles. The van der Waals surface area contributed by atoms with Crippen LogP contribution >= 0.6 is 0 Å². The summed E-state index contributed by atoms with van der Waals surface area (Å²) >= 11 is 0. The molecule has 0 aromatic heterocycles. The third-order valence-corrected chi connectivity index (χ3v) is 7.53. The molecule has 1 N–H and O–H groups in total. The minimum Gasteiger partial charge on any atom is -0.349 e. The number of hydrogen-bond donors (Lipinski definition) is 1. The molecule has 5 nitrogen and oxygen atoms in total. The maximum absolute atomic E-state index is 12.8. The smallest absolute Gasteiger partial charge is 0.251 e. The molecular formula is C19H30N2O3S. The summed E-state index contributed by atoms with van der Waals surface area (Å²) in [6.45, 7) is 10.5. The van der Waals surface area contributed by atoms with E-state index in [1.807, 2.05) is 13.8 Å². The fourth-order valence-electron chi connectivity index (χ4n) is 3.56. The van der Waals surface area contributed by atoms with Crippen molar-refractivity contribution in [1.82, 2.24) is 9.62 Å². The first-order valence-corrected chi connectivity index (χ1v) is 10.5. The fraction of sp³-hybridized carbons (Fsp3) is 0.632. The molecule has 25 heavy (non-hydrogen) atoms. The van der Waals surface area contributed by atoms with Crippen molar-refractivity contribution >= 4 is 15.9 Å². The summed E-state index contributed by atoms with van der Waals surface area (Å²) in [5.41, 5.74) is 1.14. The van der Waals surface area contributed by atoms with Gasteiger partial charge in [0.25, 0.3) is 5.91 Å². The SMILES string of the molecule is CCN(CC)S(=O)(=O)c1cc(C(=O)N[C@@H]2CCCC2(C)C)ccc1C. The average molecular weight is 367 g/mol. The Bertz CT molecular complexity index is 737. The van der Waals surface area contributed by atoms with Crippen LogP contribution in [0.5, 0.6) is 0 Å². The minimum atomic E-state index is -3.58. The lowest BCUT2D eigenvalue weighted by Gasteiger charge is -2.28. The van der Waals surface area contributed by atoms with E-state index in [2.05, 4.69) is 19.2 Å². The summed E-state index contributed by atoms with van der Waals surface area (Å²) in [4.78, 5) is 12.9. The van der Waals surface area contributed by atoms with E-state index in [-0.39, 0.29) is 22.3 Å². The molecule has 1 fully saturated rings. The van der Waals surface area contributed by atoms with Gasteiger partial charge >= 0.3 is 0 Å². The van der Waals surface area contributed by atoms with Crippen LogP contribution in [0.25, 0.3) is 0 Å². The molecule has 0 saturated heterocycles. The van der Waals surface area contributed by atoms with Gasteiger partial charge in [-0.3, -0.25) is 4.79 Å². The molecule has 0 spiro atoms. The molecule has 140 valence electrons. The first kappa shape index (κ1) is 19.9. The molecule has 0 bridgehead atoms. The van der Waals surface area contributed by atoms with Crippen LogP contribution in [-0.2, 0) is 10.0 Å². The van der Waals surface area contributed by atoms with E-state index < -0.39 is 10.0 Å². The standard InChI is InChI=1S/C19H30N2O3S/c1-6-21(7-2)25(23,24)16-13-15(11-10-14(16)3)18(22)20-17-9-8-12-19(17,4)5/h10-11,13,17H,6-9,12H2,1-5H3,(H,20,22)/t17-/m1/s1. The number of aryl methyl sites for hydroxylation is 1. The topological polar surface area (TPSA) is 66.5 Å². The zero-order chi connectivity index (χ0) is 18.8. The minimum absolute atomic E-state index is 0.0798. The third kappa shape index (κ3) is 4.06. The Hall–Kier alpha value is -1.40. The maximum atomic E-state index is 12.8. The van der Waals surface area contributed by atoms with E-state index in [0.717, 1.165) is 19.3 Å². The quantitative estimate of drug-likeness (QED) is 0.840. The van der Waals surface area contributed by atoms with Gasteiger partial charge in [0.05, 0.1) is 4.90 Å². The second-order valence-corrected chi connectivity index (χ2v) is 9.38. The van der Waals surface area contributed by atoms with E-state index in [0.29, 0.717) is 24.2 Å². The normalized spacial score (nSPS) is 20.0. The summed E-state index contributed by atoms with van der Waals surface area (Å²) in [6.07, 6.45) is 3.16. The predicted octanol–water partition coefficient (Wildman–Crippen LogP) is 3.33. The molecule has 1 atom stereocenters. The lowest BCUT2D eigenvalue weighted by Crippen LogP contribution is -2.41. The van der Waals surface area contributed by atoms with Crippen LogP contribution < -0.4 is 5.32 Å². The van der Waals surface area contributed by atoms with E-state index >= 15 is 0 Å². The summed E-state index contributed by atoms with van der Waals surface area (Å²) in [6, 6.07) is 5.06. The molecular weight excluding hydrogens is 336 g/mol. The van der Waals surface area contributed by atoms with Crippen LogP contribution in [0.15, 0.2) is 23.1 Å². The summed E-state index contributed by atoms with van der Waals surface area (Å²) < 4.78 is 27.1. The highest BCUT2D eigenvalue weighted by molar-refractivity contribution is 7.89. The van der Waals surface area contributed by atoms with Crippen molar-refractivity contribution in [2.75, 3.05) is 13.1 Å². The second-order valence-electron chi connectivity index (χ2n) is 7.48. The highest BCUT2D eigenvalue weighted by Gasteiger charge is 2.35. The molecule has 1 aliphatic rings. The number of carbonyl (C=O) groups excluding carboxylic acids is 1. The van der Waals surface area contributed by atoms with E-state index in [9.17, 15) is 13.2 Å². The van der Waals surface area contributed by atoms with Gasteiger partial charge in [-0.2, -0.15) is 4.31 Å². The zero-order valence-corrected chi connectivity index (χ0v) is 16.7. The second kappa shape index (κ2) is 7.46. The number of nitrogens with one attached hydrogen (secondary N) is 1. The van der Waals surface area contributed by atoms with Crippen molar-refractivity contribution in [1.29, 1.82) is 0 Å². The van der Waals surface area contributed by atoms with Gasteiger partial charge in [0.15, 0.2) is 0 Å². The van der Waals surface area contributed by atoms with E-state index in [1.54, 1.807) is 19.1 Å². The molecule has 1 aromatic rings. The molecule has 0 aliphatic heterocycles. The number of carbonyl (C=O) groups is 1. The first-order chi connectivity index (χ1) is 11.6. The fourth-order valence-corrected chi connectivity index (χ4v) is 5.27. The molecule has 2 rings (SSSR count). The van der Waals surface area contributed by atoms with Crippen LogP contribution in [0.4, 0.5) is 0 Å². The van der Waals surface area contributed by atoms with Gasteiger partial charge in [-0.15, -0.1) is 0 Å². The van der Waals surface area contributed by atoms with Gasteiger partial charge < -0.3 is 5.32 Å². The van der Waals surface area contributed by atoms with Crippen LogP contribution in [0.2, 0.25) is 0 Å². The zero-order valence-electron chi connectivity index (χ0n) is 15.9. The van der Waals surface area contributed by atoms with Crippen molar-refractivity contribution < 1.29 is 13.2 Å². The van der Waals surface area contributed by atoms with Crippen LogP contribution in [-0.4, -0.2) is 37.8 Å². The van der Waals surface area contributed by atoms with Crippen molar-refractivity contribution in [3.63, 3.8) is 0 Å². The molecule has 1 aromatic carbocycles. The highest BCUT2D eigenvalue weighted by Crippen LogP contribution is 2.37. The summed E-state index contributed by atoms with van der Waals surface area (Å²) in [5, 5.41) is 3.09. The van der Waals surface area contributed by atoms with Crippen LogP contribution in [0.1, 0.15) is 62.9 Å². The van der Waals surface area contributed by atoms with Crippen molar-refractivity contribution in [3.8, 4) is 0 Å². The van der Waals surface area contributed by atoms with Crippen molar-refractivity contribution in [3.05, 3.63) is 29.3 Å². The first-order valence-electron chi connectivity index (χ1n) is 9.05. The average Bonchev–Trinajstić information content (AvgIpc) is 2.87. The van der Waals surface area contributed by atoms with E-state index in [4.69, 9.17) is 0 Å². The monoisotopic (exact) mass is 366 g/mol. The Labute approximate surface area is 151 Å². The number of hydrogen-bond acceptors (Lipinski definition) is 3. The molecule has 1 aliphatic carbocycles. The van der Waals surface area contributed by atoms with Gasteiger partial charge in [-0.05, 0) is 42.9 Å². The third-order valence-electron chi connectivity index (χ3n) is 5.34. The Morgan fingerprint density at radius 2 is 1.92 bits per heavy atom. The Morgan fingerprint density at radius 1 is 1.28 bits per heavy atom. The number of amides is 1. The van der Waals surface area contributed by atoms with Gasteiger partial charge in [0.1, 0.15) is 0 Å². The summed E-state index contributed by atoms with van der Waals surface area (Å²) in [5.74, 6) is -0.198. The maximum Gasteiger partial charge on any atom is 0.251 e.